The molecule has 0 heterocycles. The fourth-order valence-corrected chi connectivity index (χ4v) is 2.27. The molecule has 0 radical (unpaired) electrons. The van der Waals surface area contributed by atoms with Crippen molar-refractivity contribution in [3.05, 3.63) is 23.8 Å². The fraction of sp³-hybridized carbons (Fsp3) is 0.462. The maximum absolute atomic E-state index is 12.1. The van der Waals surface area contributed by atoms with Crippen molar-refractivity contribution in [2.75, 3.05) is 5.32 Å². The zero-order valence-corrected chi connectivity index (χ0v) is 9.99. The van der Waals surface area contributed by atoms with E-state index in [4.69, 9.17) is 5.73 Å². The highest BCUT2D eigenvalue weighted by Gasteiger charge is 2.37. The van der Waals surface area contributed by atoms with Crippen LogP contribution in [0.15, 0.2) is 18.2 Å². The predicted octanol–water partition coefficient (Wildman–Crippen LogP) is 1.91. The van der Waals surface area contributed by atoms with Crippen molar-refractivity contribution >= 4 is 11.6 Å². The van der Waals surface area contributed by atoms with Gasteiger partial charge in [-0.1, -0.05) is 12.8 Å². The second kappa shape index (κ2) is 4.37. The Balaban J connectivity index is 2.13. The summed E-state index contributed by atoms with van der Waals surface area (Å²) in [5.74, 6) is 0.0765. The lowest BCUT2D eigenvalue weighted by atomic mass is 9.98. The van der Waals surface area contributed by atoms with E-state index in [1.54, 1.807) is 18.2 Å². The van der Waals surface area contributed by atoms with Crippen LogP contribution in [-0.4, -0.2) is 16.6 Å². The number of nitrogens with one attached hydrogen (secondary N) is 1. The molecule has 1 aliphatic rings. The van der Waals surface area contributed by atoms with E-state index in [1.165, 1.54) is 0 Å². The third kappa shape index (κ3) is 2.42. The molecule has 0 aliphatic heterocycles. The first-order valence-corrected chi connectivity index (χ1v) is 5.91. The summed E-state index contributed by atoms with van der Waals surface area (Å²) in [4.78, 5) is 12.1. The van der Waals surface area contributed by atoms with E-state index < -0.39 is 5.54 Å². The molecule has 0 aromatic heterocycles. The van der Waals surface area contributed by atoms with E-state index in [2.05, 4.69) is 5.32 Å². The molecule has 1 fully saturated rings. The van der Waals surface area contributed by atoms with Crippen LogP contribution in [0.1, 0.15) is 31.2 Å². The first kappa shape index (κ1) is 11.9. The molecule has 1 aromatic rings. The Morgan fingerprint density at radius 2 is 2.06 bits per heavy atom. The minimum Gasteiger partial charge on any atom is -0.508 e. The van der Waals surface area contributed by atoms with Crippen molar-refractivity contribution in [1.82, 2.24) is 0 Å². The van der Waals surface area contributed by atoms with Crippen molar-refractivity contribution in [2.24, 2.45) is 5.73 Å². The second-order valence-corrected chi connectivity index (χ2v) is 4.82. The third-order valence-electron chi connectivity index (χ3n) is 3.41. The number of aryl methyl sites for hydroxylation is 1. The molecular weight excluding hydrogens is 216 g/mol. The van der Waals surface area contributed by atoms with Gasteiger partial charge in [0.05, 0.1) is 5.54 Å². The van der Waals surface area contributed by atoms with Crippen molar-refractivity contribution in [2.45, 2.75) is 38.1 Å². The van der Waals surface area contributed by atoms with Crippen LogP contribution in [0, 0.1) is 6.92 Å². The number of amides is 1. The maximum atomic E-state index is 12.1. The molecule has 1 aliphatic carbocycles. The number of hydrogen-bond acceptors (Lipinski definition) is 3. The first-order valence-electron chi connectivity index (χ1n) is 5.91. The van der Waals surface area contributed by atoms with Gasteiger partial charge >= 0.3 is 0 Å². The van der Waals surface area contributed by atoms with Gasteiger partial charge in [0, 0.05) is 5.69 Å². The summed E-state index contributed by atoms with van der Waals surface area (Å²) in [6.45, 7) is 1.84. The first-order chi connectivity index (χ1) is 8.01. The third-order valence-corrected chi connectivity index (χ3v) is 3.41. The van der Waals surface area contributed by atoms with Crippen LogP contribution in [0.3, 0.4) is 0 Å². The molecule has 0 atom stereocenters. The molecular formula is C13H18N2O2. The van der Waals surface area contributed by atoms with Crippen LogP contribution in [0.2, 0.25) is 0 Å². The molecule has 4 N–H and O–H groups in total. The van der Waals surface area contributed by atoms with E-state index in [1.807, 2.05) is 6.92 Å². The summed E-state index contributed by atoms with van der Waals surface area (Å²) in [5, 5.41) is 12.1. The van der Waals surface area contributed by atoms with Crippen LogP contribution >= 0.6 is 0 Å². The van der Waals surface area contributed by atoms with Gasteiger partial charge in [0.15, 0.2) is 0 Å². The number of carbonyl (C=O) groups excluding carboxylic acids is 1. The lowest BCUT2D eigenvalue weighted by Crippen LogP contribution is -2.48. The number of hydrogen-bond donors (Lipinski definition) is 3. The van der Waals surface area contributed by atoms with Crippen molar-refractivity contribution in [1.29, 1.82) is 0 Å². The van der Waals surface area contributed by atoms with Gasteiger partial charge in [-0.05, 0) is 43.5 Å². The van der Waals surface area contributed by atoms with Gasteiger partial charge < -0.3 is 16.2 Å². The van der Waals surface area contributed by atoms with E-state index in [0.29, 0.717) is 5.69 Å². The van der Waals surface area contributed by atoms with Gasteiger partial charge in [-0.3, -0.25) is 4.79 Å². The number of benzene rings is 1. The van der Waals surface area contributed by atoms with Gasteiger partial charge in [-0.15, -0.1) is 0 Å². The zero-order valence-electron chi connectivity index (χ0n) is 9.99. The van der Waals surface area contributed by atoms with Crippen molar-refractivity contribution in [3.63, 3.8) is 0 Å². The number of nitrogens with two attached hydrogens (primary N) is 1. The number of phenolic OH excluding ortho intramolecular Hbond substituents is 1. The summed E-state index contributed by atoms with van der Waals surface area (Å²) >= 11 is 0. The van der Waals surface area contributed by atoms with Crippen LogP contribution in [0.5, 0.6) is 5.75 Å². The molecule has 0 bridgehead atoms. The van der Waals surface area contributed by atoms with Crippen LogP contribution in [0.25, 0.3) is 0 Å². The quantitative estimate of drug-likeness (QED) is 0.684. The predicted molar refractivity (Wildman–Crippen MR) is 66.9 cm³/mol. The van der Waals surface area contributed by atoms with Gasteiger partial charge in [0.25, 0.3) is 0 Å². The second-order valence-electron chi connectivity index (χ2n) is 4.82. The average Bonchev–Trinajstić information content (AvgIpc) is 2.71. The molecule has 1 amide bonds. The number of phenols is 1. The van der Waals surface area contributed by atoms with Crippen LogP contribution in [0.4, 0.5) is 5.69 Å². The smallest absolute Gasteiger partial charge is 0.244 e. The topological polar surface area (TPSA) is 75.3 Å². The van der Waals surface area contributed by atoms with Gasteiger partial charge in [0.1, 0.15) is 5.75 Å². The zero-order chi connectivity index (χ0) is 12.5. The highest BCUT2D eigenvalue weighted by atomic mass is 16.3. The number of rotatable bonds is 2. The minimum atomic E-state index is -0.718. The summed E-state index contributed by atoms with van der Waals surface area (Å²) in [5.41, 5.74) is 6.90. The summed E-state index contributed by atoms with van der Waals surface area (Å²) in [7, 11) is 0. The molecule has 0 spiro atoms. The number of carbonyl (C=O) groups is 1. The lowest BCUT2D eigenvalue weighted by molar-refractivity contribution is -0.121. The van der Waals surface area contributed by atoms with E-state index in [-0.39, 0.29) is 11.7 Å². The Hall–Kier alpha value is -1.55. The van der Waals surface area contributed by atoms with E-state index in [0.717, 1.165) is 31.2 Å². The molecule has 1 aromatic carbocycles. The minimum absolute atomic E-state index is 0.121. The number of anilines is 1. The Labute approximate surface area is 101 Å². The summed E-state index contributed by atoms with van der Waals surface area (Å²) < 4.78 is 0. The normalized spacial score (nSPS) is 18.0. The lowest BCUT2D eigenvalue weighted by Gasteiger charge is -2.22. The molecule has 0 saturated heterocycles. The summed E-state index contributed by atoms with van der Waals surface area (Å²) in [6, 6.07) is 4.87. The van der Waals surface area contributed by atoms with Gasteiger partial charge in [-0.25, -0.2) is 0 Å². The SMILES string of the molecule is Cc1cc(O)ccc1NC(=O)C1(N)CCCC1. The average molecular weight is 234 g/mol. The Morgan fingerprint density at radius 1 is 1.41 bits per heavy atom. The highest BCUT2D eigenvalue weighted by Crippen LogP contribution is 2.29. The molecule has 1 saturated carbocycles. The number of aromatic hydroxyl groups is 1. The highest BCUT2D eigenvalue weighted by molar-refractivity contribution is 5.98. The molecule has 17 heavy (non-hydrogen) atoms. The standard InChI is InChI=1S/C13H18N2O2/c1-9-8-10(16)4-5-11(9)15-12(17)13(14)6-2-3-7-13/h4-5,8,16H,2-3,6-7,14H2,1H3,(H,15,17). The van der Waals surface area contributed by atoms with Crippen molar-refractivity contribution < 1.29 is 9.90 Å². The monoisotopic (exact) mass is 234 g/mol. The van der Waals surface area contributed by atoms with E-state index >= 15 is 0 Å². The van der Waals surface area contributed by atoms with E-state index in [9.17, 15) is 9.90 Å². The molecule has 4 heteroatoms. The largest absolute Gasteiger partial charge is 0.508 e. The molecule has 92 valence electrons. The van der Waals surface area contributed by atoms with Crippen LogP contribution in [-0.2, 0) is 4.79 Å². The summed E-state index contributed by atoms with van der Waals surface area (Å²) in [6.07, 6.45) is 3.52. The Morgan fingerprint density at radius 3 is 2.65 bits per heavy atom. The van der Waals surface area contributed by atoms with Gasteiger partial charge in [0.2, 0.25) is 5.91 Å². The van der Waals surface area contributed by atoms with Crippen molar-refractivity contribution in [3.8, 4) is 5.75 Å². The van der Waals surface area contributed by atoms with Gasteiger partial charge in [-0.2, -0.15) is 0 Å². The maximum Gasteiger partial charge on any atom is 0.244 e. The van der Waals surface area contributed by atoms with Crippen LogP contribution < -0.4 is 11.1 Å². The molecule has 0 unspecified atom stereocenters. The Bertz CT molecular complexity index is 437. The fourth-order valence-electron chi connectivity index (χ4n) is 2.27. The molecule has 4 nitrogen and oxygen atoms in total. The Kier molecular flexibility index (Phi) is 3.07. The molecule has 2 rings (SSSR count).